The summed E-state index contributed by atoms with van der Waals surface area (Å²) in [5.74, 6) is 0.709. The zero-order chi connectivity index (χ0) is 21.2. The molecule has 0 spiro atoms. The van der Waals surface area contributed by atoms with E-state index in [0.717, 1.165) is 5.69 Å². The van der Waals surface area contributed by atoms with Gasteiger partial charge in [0.25, 0.3) is 16.1 Å². The van der Waals surface area contributed by atoms with Gasteiger partial charge in [-0.25, -0.2) is 4.68 Å². The second kappa shape index (κ2) is 8.43. The predicted octanol–water partition coefficient (Wildman–Crippen LogP) is -0.202. The van der Waals surface area contributed by atoms with Gasteiger partial charge in [0.2, 0.25) is 5.88 Å². The Morgan fingerprint density at radius 2 is 1.86 bits per heavy atom. The predicted molar refractivity (Wildman–Crippen MR) is 105 cm³/mol. The fraction of sp³-hybridized carbons (Fsp3) is 0.529. The van der Waals surface area contributed by atoms with Crippen molar-refractivity contribution in [3.63, 3.8) is 0 Å². The third kappa shape index (κ3) is 4.09. The van der Waals surface area contributed by atoms with Gasteiger partial charge in [-0.1, -0.05) is 6.92 Å². The van der Waals surface area contributed by atoms with Crippen molar-refractivity contribution in [1.82, 2.24) is 33.5 Å². The average molecular weight is 423 g/mol. The van der Waals surface area contributed by atoms with Gasteiger partial charge in [0.15, 0.2) is 5.82 Å². The van der Waals surface area contributed by atoms with Crippen molar-refractivity contribution in [2.45, 2.75) is 13.3 Å². The molecule has 2 aromatic heterocycles. The minimum absolute atomic E-state index is 0.170. The van der Waals surface area contributed by atoms with E-state index in [0.29, 0.717) is 36.8 Å². The SMILES string of the molecule is CCc1c(C(=O)N2CCN(S(=O)(=O)N(C)C)CC2)cnn1-c1ccc(OC)nn1. The lowest BCUT2D eigenvalue weighted by molar-refractivity contribution is 0.0694. The molecule has 29 heavy (non-hydrogen) atoms. The molecule has 1 aliphatic heterocycles. The highest BCUT2D eigenvalue weighted by Crippen LogP contribution is 2.19. The maximum absolute atomic E-state index is 13.1. The molecule has 2 aromatic rings. The second-order valence-corrected chi connectivity index (χ2v) is 8.83. The summed E-state index contributed by atoms with van der Waals surface area (Å²) in [6.07, 6.45) is 2.10. The number of hydrogen-bond donors (Lipinski definition) is 0. The van der Waals surface area contributed by atoms with Crippen LogP contribution in [0.15, 0.2) is 18.3 Å². The minimum Gasteiger partial charge on any atom is -0.480 e. The lowest BCUT2D eigenvalue weighted by Crippen LogP contribution is -2.53. The molecule has 3 heterocycles. The Balaban J connectivity index is 1.77. The number of aromatic nitrogens is 4. The maximum atomic E-state index is 13.1. The van der Waals surface area contributed by atoms with E-state index in [2.05, 4.69) is 15.3 Å². The first-order valence-electron chi connectivity index (χ1n) is 9.21. The fourth-order valence-electron chi connectivity index (χ4n) is 3.15. The Labute approximate surface area is 170 Å². The van der Waals surface area contributed by atoms with Crippen molar-refractivity contribution in [2.75, 3.05) is 47.4 Å². The number of piperazine rings is 1. The zero-order valence-electron chi connectivity index (χ0n) is 16.9. The normalized spacial score (nSPS) is 15.7. The summed E-state index contributed by atoms with van der Waals surface area (Å²) in [5, 5.41) is 12.4. The van der Waals surface area contributed by atoms with Crippen LogP contribution in [0.3, 0.4) is 0 Å². The quantitative estimate of drug-likeness (QED) is 0.632. The van der Waals surface area contributed by atoms with Crippen LogP contribution in [0.25, 0.3) is 5.82 Å². The Bertz CT molecular complexity index is 964. The van der Waals surface area contributed by atoms with Gasteiger partial charge in [0, 0.05) is 46.3 Å². The largest absolute Gasteiger partial charge is 0.480 e. The Hall–Kier alpha value is -2.57. The van der Waals surface area contributed by atoms with Gasteiger partial charge in [0.05, 0.1) is 24.6 Å². The van der Waals surface area contributed by atoms with Crippen LogP contribution in [0.5, 0.6) is 5.88 Å². The topological polar surface area (TPSA) is 114 Å². The van der Waals surface area contributed by atoms with Crippen LogP contribution < -0.4 is 4.74 Å². The summed E-state index contributed by atoms with van der Waals surface area (Å²) in [6, 6.07) is 3.40. The second-order valence-electron chi connectivity index (χ2n) is 6.69. The van der Waals surface area contributed by atoms with Crippen LogP contribution in [0.1, 0.15) is 23.0 Å². The average Bonchev–Trinajstić information content (AvgIpc) is 3.17. The molecule has 0 aliphatic carbocycles. The monoisotopic (exact) mass is 423 g/mol. The van der Waals surface area contributed by atoms with Crippen molar-refractivity contribution in [2.24, 2.45) is 0 Å². The number of nitrogens with zero attached hydrogens (tertiary/aromatic N) is 7. The number of carbonyl (C=O) groups is 1. The maximum Gasteiger partial charge on any atom is 0.281 e. The first-order valence-corrected chi connectivity index (χ1v) is 10.6. The van der Waals surface area contributed by atoms with Gasteiger partial charge in [-0.3, -0.25) is 4.79 Å². The van der Waals surface area contributed by atoms with Crippen LogP contribution in [0.4, 0.5) is 0 Å². The molecular formula is C17H25N7O4S. The molecule has 0 unspecified atom stereocenters. The van der Waals surface area contributed by atoms with Crippen LogP contribution in [-0.4, -0.2) is 95.2 Å². The van der Waals surface area contributed by atoms with E-state index < -0.39 is 10.2 Å². The standard InChI is InChI=1S/C17H25N7O4S/c1-5-14-13(12-18-24(14)15-6-7-16(28-4)20-19-15)17(25)22-8-10-23(11-9-22)29(26,27)21(2)3/h6-7,12H,5,8-11H2,1-4H3. The van der Waals surface area contributed by atoms with Crippen LogP contribution >= 0.6 is 0 Å². The van der Waals surface area contributed by atoms with Crippen LogP contribution in [-0.2, 0) is 16.6 Å². The van der Waals surface area contributed by atoms with Crippen molar-refractivity contribution in [3.8, 4) is 11.7 Å². The van der Waals surface area contributed by atoms with E-state index in [-0.39, 0.29) is 19.0 Å². The molecule has 1 aliphatic rings. The summed E-state index contributed by atoms with van der Waals surface area (Å²) in [5.41, 5.74) is 1.20. The molecule has 11 nitrogen and oxygen atoms in total. The van der Waals surface area contributed by atoms with Gasteiger partial charge < -0.3 is 9.64 Å². The molecule has 1 saturated heterocycles. The van der Waals surface area contributed by atoms with Gasteiger partial charge in [-0.05, 0) is 12.5 Å². The number of amides is 1. The number of rotatable bonds is 6. The first kappa shape index (κ1) is 21.1. The number of ether oxygens (including phenoxy) is 1. The van der Waals surface area contributed by atoms with Gasteiger partial charge in [-0.2, -0.15) is 22.1 Å². The van der Waals surface area contributed by atoms with Gasteiger partial charge in [-0.15, -0.1) is 10.2 Å². The fourth-order valence-corrected chi connectivity index (χ4v) is 4.23. The number of carbonyl (C=O) groups excluding carboxylic acids is 1. The molecule has 12 heteroatoms. The smallest absolute Gasteiger partial charge is 0.281 e. The molecule has 0 bridgehead atoms. The highest BCUT2D eigenvalue weighted by atomic mass is 32.2. The molecular weight excluding hydrogens is 398 g/mol. The molecule has 0 saturated carbocycles. The zero-order valence-corrected chi connectivity index (χ0v) is 17.8. The highest BCUT2D eigenvalue weighted by Gasteiger charge is 2.31. The molecule has 0 aromatic carbocycles. The summed E-state index contributed by atoms with van der Waals surface area (Å²) in [7, 11) is 1.03. The van der Waals surface area contributed by atoms with Crippen molar-refractivity contribution in [3.05, 3.63) is 29.6 Å². The van der Waals surface area contributed by atoms with Gasteiger partial charge >= 0.3 is 0 Å². The molecule has 0 N–H and O–H groups in total. The molecule has 158 valence electrons. The Morgan fingerprint density at radius 1 is 1.17 bits per heavy atom. The van der Waals surface area contributed by atoms with E-state index in [1.807, 2.05) is 6.92 Å². The third-order valence-corrected chi connectivity index (χ3v) is 6.74. The van der Waals surface area contributed by atoms with Crippen molar-refractivity contribution >= 4 is 16.1 Å². The lowest BCUT2D eigenvalue weighted by Gasteiger charge is -2.35. The van der Waals surface area contributed by atoms with E-state index in [1.165, 1.54) is 36.0 Å². The van der Waals surface area contributed by atoms with Crippen molar-refractivity contribution < 1.29 is 17.9 Å². The first-order chi connectivity index (χ1) is 13.8. The molecule has 1 amide bonds. The lowest BCUT2D eigenvalue weighted by atomic mass is 10.1. The third-order valence-electron chi connectivity index (χ3n) is 4.80. The van der Waals surface area contributed by atoms with E-state index in [4.69, 9.17) is 4.74 Å². The van der Waals surface area contributed by atoms with E-state index in [9.17, 15) is 13.2 Å². The molecule has 1 fully saturated rings. The summed E-state index contributed by atoms with van der Waals surface area (Å²) in [6.45, 7) is 3.09. The van der Waals surface area contributed by atoms with Crippen LogP contribution in [0.2, 0.25) is 0 Å². The molecule has 3 rings (SSSR count). The summed E-state index contributed by atoms with van der Waals surface area (Å²) < 4.78 is 33.7. The van der Waals surface area contributed by atoms with Gasteiger partial charge in [0.1, 0.15) is 0 Å². The number of hydrogen-bond acceptors (Lipinski definition) is 7. The van der Waals surface area contributed by atoms with Crippen LogP contribution in [0, 0.1) is 0 Å². The van der Waals surface area contributed by atoms with E-state index >= 15 is 0 Å². The Kier molecular flexibility index (Phi) is 6.15. The van der Waals surface area contributed by atoms with Crippen molar-refractivity contribution in [1.29, 1.82) is 0 Å². The minimum atomic E-state index is -3.48. The molecule has 0 radical (unpaired) electrons. The number of methoxy groups -OCH3 is 1. The summed E-state index contributed by atoms with van der Waals surface area (Å²) in [4.78, 5) is 14.7. The molecule has 0 atom stereocenters. The van der Waals surface area contributed by atoms with E-state index in [1.54, 1.807) is 21.7 Å². The summed E-state index contributed by atoms with van der Waals surface area (Å²) >= 11 is 0. The highest BCUT2D eigenvalue weighted by molar-refractivity contribution is 7.86. The Morgan fingerprint density at radius 3 is 2.38 bits per heavy atom.